The van der Waals surface area contributed by atoms with Crippen LogP contribution < -0.4 is 11.3 Å². The number of nitrogens with two attached hydrogens (primary N) is 1. The van der Waals surface area contributed by atoms with Gasteiger partial charge < -0.3 is 9.47 Å². The van der Waals surface area contributed by atoms with E-state index in [4.69, 9.17) is 15.3 Å². The minimum Gasteiger partial charge on any atom is -0.383 e. The Labute approximate surface area is 103 Å². The Morgan fingerprint density at radius 3 is 2.06 bits per heavy atom. The average molecular weight is 247 g/mol. The third kappa shape index (κ3) is 5.97. The van der Waals surface area contributed by atoms with Gasteiger partial charge in [-0.25, -0.2) is 5.84 Å². The van der Waals surface area contributed by atoms with Gasteiger partial charge in [-0.1, -0.05) is 6.92 Å². The quantitative estimate of drug-likeness (QED) is 0.329. The molecule has 0 aromatic carbocycles. The van der Waals surface area contributed by atoms with Gasteiger partial charge in [-0.3, -0.25) is 15.1 Å². The van der Waals surface area contributed by atoms with Crippen molar-refractivity contribution < 1.29 is 14.3 Å². The monoisotopic (exact) mass is 247 g/mol. The van der Waals surface area contributed by atoms with Crippen LogP contribution >= 0.6 is 0 Å². The predicted octanol–water partition coefficient (Wildman–Crippen LogP) is -0.404. The Kier molecular flexibility index (Phi) is 8.97. The molecular weight excluding hydrogens is 222 g/mol. The van der Waals surface area contributed by atoms with E-state index in [9.17, 15) is 4.79 Å². The molecule has 1 amide bonds. The maximum atomic E-state index is 11.5. The largest absolute Gasteiger partial charge is 0.383 e. The van der Waals surface area contributed by atoms with E-state index in [1.54, 1.807) is 14.2 Å². The van der Waals surface area contributed by atoms with Crippen LogP contribution in [0, 0.1) is 5.92 Å². The lowest BCUT2D eigenvalue weighted by molar-refractivity contribution is -0.126. The topological polar surface area (TPSA) is 76.8 Å². The summed E-state index contributed by atoms with van der Waals surface area (Å²) in [5, 5.41) is 0. The van der Waals surface area contributed by atoms with Gasteiger partial charge in [-0.2, -0.15) is 0 Å². The molecule has 0 aliphatic heterocycles. The number of rotatable bonds is 9. The third-order valence-corrected chi connectivity index (χ3v) is 3.02. The molecule has 2 atom stereocenters. The van der Waals surface area contributed by atoms with Crippen LogP contribution in [-0.4, -0.2) is 57.4 Å². The predicted molar refractivity (Wildman–Crippen MR) is 66.3 cm³/mol. The summed E-state index contributed by atoms with van der Waals surface area (Å²) >= 11 is 0. The van der Waals surface area contributed by atoms with Gasteiger partial charge in [0.15, 0.2) is 0 Å². The van der Waals surface area contributed by atoms with Gasteiger partial charge in [0.25, 0.3) is 0 Å². The van der Waals surface area contributed by atoms with Crippen LogP contribution in [0.15, 0.2) is 0 Å². The van der Waals surface area contributed by atoms with Gasteiger partial charge in [0.1, 0.15) is 0 Å². The molecule has 17 heavy (non-hydrogen) atoms. The number of carbonyl (C=O) groups excluding carboxylic acids is 1. The molecule has 0 spiro atoms. The highest BCUT2D eigenvalue weighted by atomic mass is 16.5. The van der Waals surface area contributed by atoms with Gasteiger partial charge in [0.05, 0.1) is 19.1 Å². The number of nitrogens with zero attached hydrogens (tertiary/aromatic N) is 1. The normalized spacial score (nSPS) is 14.7. The van der Waals surface area contributed by atoms with Crippen LogP contribution in [0.4, 0.5) is 0 Å². The van der Waals surface area contributed by atoms with Crippen LogP contribution in [0.3, 0.4) is 0 Å². The molecule has 0 radical (unpaired) electrons. The fourth-order valence-corrected chi connectivity index (χ4v) is 1.60. The number of carbonyl (C=O) groups is 1. The Bertz CT molecular complexity index is 206. The Hall–Kier alpha value is -0.690. The number of hydrogen-bond acceptors (Lipinski definition) is 5. The van der Waals surface area contributed by atoms with Crippen LogP contribution in [0.2, 0.25) is 0 Å². The van der Waals surface area contributed by atoms with Crippen molar-refractivity contribution in [2.45, 2.75) is 19.9 Å². The summed E-state index contributed by atoms with van der Waals surface area (Å²) in [7, 11) is 3.32. The van der Waals surface area contributed by atoms with Crippen LogP contribution in [-0.2, 0) is 14.3 Å². The van der Waals surface area contributed by atoms with Crippen LogP contribution in [0.1, 0.15) is 13.8 Å². The van der Waals surface area contributed by atoms with Gasteiger partial charge in [-0.05, 0) is 6.92 Å². The summed E-state index contributed by atoms with van der Waals surface area (Å²) in [4.78, 5) is 13.6. The zero-order valence-corrected chi connectivity index (χ0v) is 11.2. The molecule has 6 heteroatoms. The highest BCUT2D eigenvalue weighted by Gasteiger charge is 2.24. The smallest absolute Gasteiger partial charge is 0.238 e. The molecule has 0 aromatic rings. The summed E-state index contributed by atoms with van der Waals surface area (Å²) in [5.74, 6) is 4.82. The van der Waals surface area contributed by atoms with Crippen molar-refractivity contribution in [3.63, 3.8) is 0 Å². The molecule has 0 fully saturated rings. The van der Waals surface area contributed by atoms with E-state index in [0.717, 1.165) is 13.1 Å². The van der Waals surface area contributed by atoms with E-state index in [1.807, 2.05) is 13.8 Å². The van der Waals surface area contributed by atoms with E-state index in [2.05, 4.69) is 10.3 Å². The van der Waals surface area contributed by atoms with E-state index in [0.29, 0.717) is 13.2 Å². The van der Waals surface area contributed by atoms with Crippen LogP contribution in [0.25, 0.3) is 0 Å². The first-order valence-electron chi connectivity index (χ1n) is 5.80. The lowest BCUT2D eigenvalue weighted by Gasteiger charge is -2.31. The highest BCUT2D eigenvalue weighted by molar-refractivity contribution is 5.78. The van der Waals surface area contributed by atoms with Crippen LogP contribution in [0.5, 0.6) is 0 Å². The number of hydrazine groups is 1. The first-order valence-corrected chi connectivity index (χ1v) is 5.80. The average Bonchev–Trinajstić information content (AvgIpc) is 2.36. The number of hydrogen-bond donors (Lipinski definition) is 2. The maximum absolute atomic E-state index is 11.5. The molecule has 6 nitrogen and oxygen atoms in total. The van der Waals surface area contributed by atoms with Crippen molar-refractivity contribution in [3.05, 3.63) is 0 Å². The first kappa shape index (κ1) is 16.3. The van der Waals surface area contributed by atoms with Crippen molar-refractivity contribution in [2.75, 3.05) is 40.5 Å². The van der Waals surface area contributed by atoms with Gasteiger partial charge in [0.2, 0.25) is 5.91 Å². The summed E-state index contributed by atoms with van der Waals surface area (Å²) in [5.41, 5.74) is 2.18. The second-order valence-corrected chi connectivity index (χ2v) is 4.06. The minimum atomic E-state index is -0.172. The van der Waals surface area contributed by atoms with Crippen molar-refractivity contribution in [3.8, 4) is 0 Å². The van der Waals surface area contributed by atoms with E-state index in [-0.39, 0.29) is 17.9 Å². The number of ether oxygens (including phenoxy) is 2. The Morgan fingerprint density at radius 2 is 1.71 bits per heavy atom. The van der Waals surface area contributed by atoms with E-state index >= 15 is 0 Å². The Balaban J connectivity index is 4.37. The zero-order chi connectivity index (χ0) is 13.3. The van der Waals surface area contributed by atoms with Crippen molar-refractivity contribution in [2.24, 2.45) is 11.8 Å². The minimum absolute atomic E-state index is 0.0869. The van der Waals surface area contributed by atoms with Gasteiger partial charge >= 0.3 is 0 Å². The summed E-state index contributed by atoms with van der Waals surface area (Å²) in [6, 6.07) is 0.0869. The SMILES string of the molecule is COCCN(CCOC)C(C)C(C)C(=O)NN. The van der Waals surface area contributed by atoms with Crippen molar-refractivity contribution in [1.29, 1.82) is 0 Å². The summed E-state index contributed by atoms with van der Waals surface area (Å²) in [6.07, 6.45) is 0. The lowest BCUT2D eigenvalue weighted by Crippen LogP contribution is -2.47. The molecule has 102 valence electrons. The molecular formula is C11H25N3O3. The molecule has 0 aliphatic rings. The second kappa shape index (κ2) is 9.35. The first-order chi connectivity index (χ1) is 8.08. The molecule has 0 bridgehead atoms. The lowest BCUT2D eigenvalue weighted by atomic mass is 10.0. The molecule has 0 heterocycles. The molecule has 0 aliphatic carbocycles. The van der Waals surface area contributed by atoms with E-state index < -0.39 is 0 Å². The van der Waals surface area contributed by atoms with Crippen molar-refractivity contribution in [1.82, 2.24) is 10.3 Å². The van der Waals surface area contributed by atoms with Gasteiger partial charge in [0, 0.05) is 33.4 Å². The van der Waals surface area contributed by atoms with Gasteiger partial charge in [-0.15, -0.1) is 0 Å². The number of methoxy groups -OCH3 is 2. The molecule has 0 saturated heterocycles. The second-order valence-electron chi connectivity index (χ2n) is 4.06. The van der Waals surface area contributed by atoms with E-state index in [1.165, 1.54) is 0 Å². The highest BCUT2D eigenvalue weighted by Crippen LogP contribution is 2.10. The number of nitrogens with one attached hydrogen (secondary N) is 1. The number of amides is 1. The third-order valence-electron chi connectivity index (χ3n) is 3.02. The maximum Gasteiger partial charge on any atom is 0.238 e. The molecule has 3 N–H and O–H groups in total. The summed E-state index contributed by atoms with van der Waals surface area (Å²) in [6.45, 7) is 6.66. The summed E-state index contributed by atoms with van der Waals surface area (Å²) < 4.78 is 10.1. The zero-order valence-electron chi connectivity index (χ0n) is 11.2. The molecule has 0 rings (SSSR count). The van der Waals surface area contributed by atoms with Crippen molar-refractivity contribution >= 4 is 5.91 Å². The fraction of sp³-hybridized carbons (Fsp3) is 0.909. The molecule has 0 saturated carbocycles. The Morgan fingerprint density at radius 1 is 1.24 bits per heavy atom. The molecule has 2 unspecified atom stereocenters. The standard InChI is InChI=1S/C11H25N3O3/c1-9(11(15)13-12)10(2)14(5-7-16-3)6-8-17-4/h9-10H,5-8,12H2,1-4H3,(H,13,15). The fourth-order valence-electron chi connectivity index (χ4n) is 1.60. The molecule has 0 aromatic heterocycles.